The second kappa shape index (κ2) is 8.62. The standard InChI is InChI=1S/C25H30N6OS2/c1-25(2,32)20-13-19-22(34-20)23(27-21-14-18(29-30-21)16-5-6-16)28-24(26-19)31-9-7-15(8-10-31)12-17-4-3-11-33-17/h3-4,11,13-16,32H,5-10,12H2,1-2H3,(H2,26,27,28,29,30). The molecule has 0 atom stereocenters. The van der Waals surface area contributed by atoms with Crippen LogP contribution in [0.3, 0.4) is 0 Å². The Morgan fingerprint density at radius 3 is 2.71 bits per heavy atom. The molecule has 2 aliphatic rings. The van der Waals surface area contributed by atoms with Crippen LogP contribution in [0.4, 0.5) is 17.6 Å². The number of hydrogen-bond donors (Lipinski definition) is 3. The second-order valence-electron chi connectivity index (χ2n) is 10.1. The predicted octanol–water partition coefficient (Wildman–Crippen LogP) is 5.78. The van der Waals surface area contributed by atoms with Crippen molar-refractivity contribution in [3.05, 3.63) is 45.1 Å². The van der Waals surface area contributed by atoms with Gasteiger partial charge in [0.05, 0.1) is 15.8 Å². The zero-order valence-corrected chi connectivity index (χ0v) is 21.2. The van der Waals surface area contributed by atoms with Gasteiger partial charge in [-0.05, 0) is 69.4 Å². The predicted molar refractivity (Wildman–Crippen MR) is 139 cm³/mol. The normalized spacial score (nSPS) is 17.6. The van der Waals surface area contributed by atoms with Crippen LogP contribution in [0, 0.1) is 5.92 Å². The van der Waals surface area contributed by atoms with Crippen LogP contribution in [0.25, 0.3) is 10.2 Å². The third-order valence-corrected chi connectivity index (χ3v) is 9.13. The molecule has 2 fully saturated rings. The first-order valence-electron chi connectivity index (χ1n) is 12.1. The smallest absolute Gasteiger partial charge is 0.227 e. The van der Waals surface area contributed by atoms with Gasteiger partial charge in [-0.3, -0.25) is 5.10 Å². The van der Waals surface area contributed by atoms with Crippen molar-refractivity contribution in [1.82, 2.24) is 20.2 Å². The van der Waals surface area contributed by atoms with Gasteiger partial charge in [0, 0.05) is 40.5 Å². The van der Waals surface area contributed by atoms with Crippen molar-refractivity contribution >= 4 is 50.5 Å². The summed E-state index contributed by atoms with van der Waals surface area (Å²) < 4.78 is 0.949. The Labute approximate surface area is 207 Å². The molecule has 0 radical (unpaired) electrons. The Bertz CT molecular complexity index is 1280. The molecule has 0 bridgehead atoms. The molecule has 0 unspecified atom stereocenters. The number of nitrogens with zero attached hydrogens (tertiary/aromatic N) is 4. The van der Waals surface area contributed by atoms with Gasteiger partial charge in [0.1, 0.15) is 0 Å². The second-order valence-corrected chi connectivity index (χ2v) is 12.2. The molecule has 1 saturated heterocycles. The highest BCUT2D eigenvalue weighted by Gasteiger charge is 2.27. The van der Waals surface area contributed by atoms with Crippen LogP contribution in [0.1, 0.15) is 60.9 Å². The molecule has 6 rings (SSSR count). The number of anilines is 3. The molecule has 1 aliphatic carbocycles. The highest BCUT2D eigenvalue weighted by atomic mass is 32.1. The number of aliphatic hydroxyl groups is 1. The minimum Gasteiger partial charge on any atom is -0.385 e. The first-order chi connectivity index (χ1) is 16.4. The van der Waals surface area contributed by atoms with Crippen LogP contribution in [-0.2, 0) is 12.0 Å². The Kier molecular flexibility index (Phi) is 5.58. The van der Waals surface area contributed by atoms with Gasteiger partial charge in [0.15, 0.2) is 11.6 Å². The summed E-state index contributed by atoms with van der Waals surface area (Å²) in [6.07, 6.45) is 5.91. The topological polar surface area (TPSA) is 90.0 Å². The zero-order chi connectivity index (χ0) is 23.3. The average Bonchev–Trinajstić information content (AvgIpc) is 3.17. The number of fused-ring (bicyclic) bond motifs is 1. The number of piperidine rings is 1. The molecule has 3 N–H and O–H groups in total. The lowest BCUT2D eigenvalue weighted by atomic mass is 9.93. The van der Waals surface area contributed by atoms with E-state index >= 15 is 0 Å². The van der Waals surface area contributed by atoms with E-state index in [-0.39, 0.29) is 0 Å². The summed E-state index contributed by atoms with van der Waals surface area (Å²) in [6.45, 7) is 5.54. The van der Waals surface area contributed by atoms with E-state index in [1.165, 1.54) is 29.8 Å². The van der Waals surface area contributed by atoms with E-state index < -0.39 is 5.60 Å². The lowest BCUT2D eigenvalue weighted by molar-refractivity contribution is 0.0826. The zero-order valence-electron chi connectivity index (χ0n) is 19.5. The molecule has 0 spiro atoms. The minimum atomic E-state index is -0.922. The lowest BCUT2D eigenvalue weighted by Crippen LogP contribution is -2.35. The Hall–Kier alpha value is -2.49. The molecular weight excluding hydrogens is 464 g/mol. The number of hydrogen-bond acceptors (Lipinski definition) is 8. The number of nitrogens with one attached hydrogen (secondary N) is 2. The van der Waals surface area contributed by atoms with E-state index in [2.05, 4.69) is 44.0 Å². The number of H-pyrrole nitrogens is 1. The lowest BCUT2D eigenvalue weighted by Gasteiger charge is -2.32. The van der Waals surface area contributed by atoms with Gasteiger partial charge >= 0.3 is 0 Å². The van der Waals surface area contributed by atoms with Gasteiger partial charge < -0.3 is 15.3 Å². The molecule has 178 valence electrons. The number of rotatable bonds is 7. The van der Waals surface area contributed by atoms with E-state index in [4.69, 9.17) is 9.97 Å². The molecular formula is C25H30N6OS2. The Morgan fingerprint density at radius 2 is 2.00 bits per heavy atom. The summed E-state index contributed by atoms with van der Waals surface area (Å²) in [5.41, 5.74) is 1.13. The first-order valence-corrected chi connectivity index (χ1v) is 13.8. The maximum atomic E-state index is 10.6. The average molecular weight is 495 g/mol. The molecule has 9 heteroatoms. The van der Waals surface area contributed by atoms with Gasteiger partial charge in [0.2, 0.25) is 5.95 Å². The van der Waals surface area contributed by atoms with Crippen molar-refractivity contribution in [1.29, 1.82) is 0 Å². The maximum Gasteiger partial charge on any atom is 0.227 e. The van der Waals surface area contributed by atoms with Crippen LogP contribution in [-0.4, -0.2) is 38.4 Å². The van der Waals surface area contributed by atoms with Gasteiger partial charge in [-0.2, -0.15) is 10.1 Å². The fourth-order valence-corrected chi connectivity index (χ4v) is 6.48. The van der Waals surface area contributed by atoms with E-state index in [1.54, 1.807) is 11.3 Å². The molecule has 0 amide bonds. The van der Waals surface area contributed by atoms with Crippen LogP contribution >= 0.6 is 22.7 Å². The van der Waals surface area contributed by atoms with Crippen molar-refractivity contribution in [2.45, 2.75) is 57.5 Å². The van der Waals surface area contributed by atoms with Crippen molar-refractivity contribution in [2.24, 2.45) is 5.92 Å². The minimum absolute atomic E-state index is 0.614. The van der Waals surface area contributed by atoms with Gasteiger partial charge in [0.25, 0.3) is 0 Å². The summed E-state index contributed by atoms with van der Waals surface area (Å²) in [5, 5.41) is 23.8. The summed E-state index contributed by atoms with van der Waals surface area (Å²) in [6, 6.07) is 8.47. The number of thiophene rings is 2. The van der Waals surface area contributed by atoms with Gasteiger partial charge in [-0.1, -0.05) is 6.07 Å². The largest absolute Gasteiger partial charge is 0.385 e. The highest BCUT2D eigenvalue weighted by molar-refractivity contribution is 7.19. The first kappa shape index (κ1) is 22.0. The van der Waals surface area contributed by atoms with Crippen LogP contribution < -0.4 is 10.2 Å². The van der Waals surface area contributed by atoms with Crippen molar-refractivity contribution in [3.63, 3.8) is 0 Å². The van der Waals surface area contributed by atoms with Crippen molar-refractivity contribution in [3.8, 4) is 0 Å². The molecule has 1 aliphatic heterocycles. The van der Waals surface area contributed by atoms with E-state index in [0.717, 1.165) is 58.6 Å². The molecule has 34 heavy (non-hydrogen) atoms. The van der Waals surface area contributed by atoms with Crippen molar-refractivity contribution < 1.29 is 5.11 Å². The van der Waals surface area contributed by atoms with Crippen LogP contribution in [0.5, 0.6) is 0 Å². The number of aromatic amines is 1. The van der Waals surface area contributed by atoms with Gasteiger partial charge in [-0.25, -0.2) is 4.98 Å². The Balaban J connectivity index is 1.27. The fourth-order valence-electron chi connectivity index (χ4n) is 4.62. The highest BCUT2D eigenvalue weighted by Crippen LogP contribution is 2.41. The summed E-state index contributed by atoms with van der Waals surface area (Å²) in [5.74, 6) is 3.62. The fraction of sp³-hybridized carbons (Fsp3) is 0.480. The molecule has 4 aromatic rings. The van der Waals surface area contributed by atoms with E-state index in [0.29, 0.717) is 11.8 Å². The monoisotopic (exact) mass is 494 g/mol. The molecule has 7 nitrogen and oxygen atoms in total. The van der Waals surface area contributed by atoms with E-state index in [9.17, 15) is 5.11 Å². The molecule has 5 heterocycles. The van der Waals surface area contributed by atoms with Gasteiger partial charge in [-0.15, -0.1) is 22.7 Å². The maximum absolute atomic E-state index is 10.6. The molecule has 0 aromatic carbocycles. The SMILES string of the molecule is CC(C)(O)c1cc2nc(N3CCC(Cc4cccs4)CC3)nc(Nc3cc(C4CC4)[nH]n3)c2s1. The third-order valence-electron chi connectivity index (χ3n) is 6.79. The molecule has 4 aromatic heterocycles. The summed E-state index contributed by atoms with van der Waals surface area (Å²) >= 11 is 3.40. The summed E-state index contributed by atoms with van der Waals surface area (Å²) in [7, 11) is 0. The van der Waals surface area contributed by atoms with Crippen LogP contribution in [0.2, 0.25) is 0 Å². The van der Waals surface area contributed by atoms with Crippen LogP contribution in [0.15, 0.2) is 29.6 Å². The van der Waals surface area contributed by atoms with E-state index in [1.807, 2.05) is 31.3 Å². The number of aromatic nitrogens is 4. The quantitative estimate of drug-likeness (QED) is 0.302. The Morgan fingerprint density at radius 1 is 1.18 bits per heavy atom. The third kappa shape index (κ3) is 4.56. The molecule has 1 saturated carbocycles. The van der Waals surface area contributed by atoms with Crippen molar-refractivity contribution in [2.75, 3.05) is 23.3 Å². The summed E-state index contributed by atoms with van der Waals surface area (Å²) in [4.78, 5) is 14.6.